The summed E-state index contributed by atoms with van der Waals surface area (Å²) >= 11 is 7.16. The van der Waals surface area contributed by atoms with Gasteiger partial charge in [0.25, 0.3) is 0 Å². The van der Waals surface area contributed by atoms with E-state index in [4.69, 9.17) is 17.0 Å². The number of carbonyl (C=O) groups is 1. The highest BCUT2D eigenvalue weighted by Gasteiger charge is 2.26. The summed E-state index contributed by atoms with van der Waals surface area (Å²) < 4.78 is 7.22. The number of thiophene rings is 1. The molecule has 2 N–H and O–H groups in total. The van der Waals surface area contributed by atoms with Crippen LogP contribution < -0.4 is 10.6 Å². The van der Waals surface area contributed by atoms with Crippen LogP contribution in [0.1, 0.15) is 58.1 Å². The van der Waals surface area contributed by atoms with Crippen LogP contribution in [-0.2, 0) is 24.1 Å². The van der Waals surface area contributed by atoms with Gasteiger partial charge in [0.15, 0.2) is 5.11 Å². The zero-order chi connectivity index (χ0) is 22.5. The van der Waals surface area contributed by atoms with Gasteiger partial charge in [-0.05, 0) is 62.9 Å². The Hall–Kier alpha value is -2.71. The first-order valence-electron chi connectivity index (χ1n) is 11.0. The normalized spacial score (nSPS) is 13.2. The number of nitrogens with zero attached hydrogens (tertiary/aromatic N) is 2. The molecule has 0 bridgehead atoms. The van der Waals surface area contributed by atoms with Crippen molar-refractivity contribution in [2.75, 3.05) is 17.2 Å². The van der Waals surface area contributed by atoms with Gasteiger partial charge in [0.05, 0.1) is 30.6 Å². The SMILES string of the molecule is CCOC(=O)c1c(NC(=S)Nc2cnn(Cc3ccc(C)cc3)c2)sc2c1CCCCC2. The van der Waals surface area contributed by atoms with Crippen molar-refractivity contribution in [3.63, 3.8) is 0 Å². The lowest BCUT2D eigenvalue weighted by molar-refractivity contribution is 0.0527. The van der Waals surface area contributed by atoms with Crippen LogP contribution in [0.5, 0.6) is 0 Å². The molecule has 0 radical (unpaired) electrons. The van der Waals surface area contributed by atoms with Gasteiger partial charge in [0.2, 0.25) is 0 Å². The molecule has 0 spiro atoms. The Morgan fingerprint density at radius 1 is 1.19 bits per heavy atom. The van der Waals surface area contributed by atoms with Gasteiger partial charge >= 0.3 is 5.97 Å². The second kappa shape index (κ2) is 10.3. The number of thiocarbonyl (C=S) groups is 1. The number of rotatable bonds is 6. The van der Waals surface area contributed by atoms with E-state index in [0.29, 0.717) is 23.8 Å². The molecule has 168 valence electrons. The molecule has 1 aliphatic rings. The van der Waals surface area contributed by atoms with Crippen molar-refractivity contribution in [3.8, 4) is 0 Å². The van der Waals surface area contributed by atoms with Crippen molar-refractivity contribution >= 4 is 45.3 Å². The van der Waals surface area contributed by atoms with Gasteiger partial charge in [-0.1, -0.05) is 36.2 Å². The summed E-state index contributed by atoms with van der Waals surface area (Å²) in [5, 5.41) is 12.0. The number of hydrogen-bond acceptors (Lipinski definition) is 5. The van der Waals surface area contributed by atoms with E-state index in [9.17, 15) is 4.79 Å². The molecule has 1 aromatic carbocycles. The van der Waals surface area contributed by atoms with Crippen molar-refractivity contribution in [3.05, 3.63) is 63.8 Å². The van der Waals surface area contributed by atoms with E-state index in [-0.39, 0.29) is 5.97 Å². The summed E-state index contributed by atoms with van der Waals surface area (Å²) in [5.74, 6) is -0.275. The van der Waals surface area contributed by atoms with E-state index < -0.39 is 0 Å². The fraction of sp³-hybridized carbons (Fsp3) is 0.375. The van der Waals surface area contributed by atoms with E-state index >= 15 is 0 Å². The largest absolute Gasteiger partial charge is 0.462 e. The molecule has 2 heterocycles. The fourth-order valence-electron chi connectivity index (χ4n) is 3.91. The summed E-state index contributed by atoms with van der Waals surface area (Å²) in [7, 11) is 0. The van der Waals surface area contributed by atoms with Crippen LogP contribution in [0.2, 0.25) is 0 Å². The van der Waals surface area contributed by atoms with Crippen molar-refractivity contribution < 1.29 is 9.53 Å². The number of fused-ring (bicyclic) bond motifs is 1. The summed E-state index contributed by atoms with van der Waals surface area (Å²) in [6.45, 7) is 4.95. The number of aromatic nitrogens is 2. The Balaban J connectivity index is 1.45. The van der Waals surface area contributed by atoms with Crippen LogP contribution >= 0.6 is 23.6 Å². The van der Waals surface area contributed by atoms with Gasteiger partial charge in [0, 0.05) is 11.1 Å². The predicted molar refractivity (Wildman–Crippen MR) is 134 cm³/mol. The van der Waals surface area contributed by atoms with Gasteiger partial charge in [-0.2, -0.15) is 5.10 Å². The number of ether oxygens (including phenoxy) is 1. The average Bonchev–Trinajstić information content (AvgIpc) is 3.26. The van der Waals surface area contributed by atoms with Crippen molar-refractivity contribution in [2.24, 2.45) is 0 Å². The Morgan fingerprint density at radius 3 is 2.75 bits per heavy atom. The highest BCUT2D eigenvalue weighted by molar-refractivity contribution is 7.80. The highest BCUT2D eigenvalue weighted by atomic mass is 32.1. The van der Waals surface area contributed by atoms with E-state index in [1.54, 1.807) is 17.5 Å². The maximum absolute atomic E-state index is 12.7. The van der Waals surface area contributed by atoms with Gasteiger partial charge in [0.1, 0.15) is 5.00 Å². The van der Waals surface area contributed by atoms with Crippen LogP contribution in [0.25, 0.3) is 0 Å². The van der Waals surface area contributed by atoms with Crippen molar-refractivity contribution in [2.45, 2.75) is 52.5 Å². The van der Waals surface area contributed by atoms with Crippen molar-refractivity contribution in [1.29, 1.82) is 0 Å². The van der Waals surface area contributed by atoms with E-state index in [1.165, 1.54) is 22.4 Å². The zero-order valence-corrected chi connectivity index (χ0v) is 20.1. The fourth-order valence-corrected chi connectivity index (χ4v) is 5.48. The Bertz CT molecular complexity index is 1100. The number of hydrogen-bond donors (Lipinski definition) is 2. The van der Waals surface area contributed by atoms with Crippen LogP contribution in [-0.4, -0.2) is 27.5 Å². The highest BCUT2D eigenvalue weighted by Crippen LogP contribution is 2.38. The number of nitrogens with one attached hydrogen (secondary N) is 2. The second-order valence-corrected chi connectivity index (χ2v) is 9.49. The van der Waals surface area contributed by atoms with E-state index in [2.05, 4.69) is 46.9 Å². The zero-order valence-electron chi connectivity index (χ0n) is 18.4. The van der Waals surface area contributed by atoms with Crippen molar-refractivity contribution in [1.82, 2.24) is 9.78 Å². The first-order valence-corrected chi connectivity index (χ1v) is 12.2. The molecule has 0 amide bonds. The standard InChI is InChI=1S/C24H28N4O2S2/c1-3-30-23(29)21-19-7-5-4-6-8-20(19)32-22(21)27-24(31)26-18-13-25-28(15-18)14-17-11-9-16(2)10-12-17/h9-13,15H,3-8,14H2,1-2H3,(H2,26,27,31). The molecule has 3 aromatic rings. The molecule has 2 aromatic heterocycles. The van der Waals surface area contributed by atoms with Gasteiger partial charge in [-0.15, -0.1) is 11.3 Å². The smallest absolute Gasteiger partial charge is 0.341 e. The molecule has 8 heteroatoms. The number of benzene rings is 1. The molecule has 0 saturated carbocycles. The maximum Gasteiger partial charge on any atom is 0.341 e. The second-order valence-electron chi connectivity index (χ2n) is 7.98. The van der Waals surface area contributed by atoms with Crippen LogP contribution in [0, 0.1) is 6.92 Å². The first-order chi connectivity index (χ1) is 15.5. The third-order valence-electron chi connectivity index (χ3n) is 5.48. The van der Waals surface area contributed by atoms with Crippen LogP contribution in [0.3, 0.4) is 0 Å². The molecule has 0 saturated heterocycles. The van der Waals surface area contributed by atoms with Gasteiger partial charge < -0.3 is 15.4 Å². The quantitative estimate of drug-likeness (QED) is 0.281. The molecule has 32 heavy (non-hydrogen) atoms. The van der Waals surface area contributed by atoms with Crippen LogP contribution in [0.15, 0.2) is 36.7 Å². The molecule has 1 aliphatic carbocycles. The predicted octanol–water partition coefficient (Wildman–Crippen LogP) is 5.56. The minimum atomic E-state index is -0.275. The van der Waals surface area contributed by atoms with E-state index in [1.807, 2.05) is 17.8 Å². The summed E-state index contributed by atoms with van der Waals surface area (Å²) in [6.07, 6.45) is 9.02. The molecule has 6 nitrogen and oxygen atoms in total. The van der Waals surface area contributed by atoms with Gasteiger partial charge in [-0.25, -0.2) is 4.79 Å². The minimum Gasteiger partial charge on any atom is -0.462 e. The summed E-state index contributed by atoms with van der Waals surface area (Å²) in [4.78, 5) is 14.0. The Morgan fingerprint density at radius 2 is 1.97 bits per heavy atom. The topological polar surface area (TPSA) is 68.2 Å². The molecule has 4 rings (SSSR count). The minimum absolute atomic E-state index is 0.275. The average molecular weight is 469 g/mol. The lowest BCUT2D eigenvalue weighted by Gasteiger charge is -2.10. The van der Waals surface area contributed by atoms with E-state index in [0.717, 1.165) is 41.9 Å². The molecular weight excluding hydrogens is 440 g/mol. The lowest BCUT2D eigenvalue weighted by atomic mass is 10.1. The number of carbonyl (C=O) groups excluding carboxylic acids is 1. The summed E-state index contributed by atoms with van der Waals surface area (Å²) in [6, 6.07) is 8.41. The number of aryl methyl sites for hydroxylation is 2. The third kappa shape index (κ3) is 5.37. The maximum atomic E-state index is 12.7. The lowest BCUT2D eigenvalue weighted by Crippen LogP contribution is -2.20. The van der Waals surface area contributed by atoms with Gasteiger partial charge in [-0.3, -0.25) is 4.68 Å². The monoisotopic (exact) mass is 468 g/mol. The Kier molecular flexibility index (Phi) is 7.22. The third-order valence-corrected chi connectivity index (χ3v) is 6.90. The summed E-state index contributed by atoms with van der Waals surface area (Å²) in [5.41, 5.74) is 4.99. The van der Waals surface area contributed by atoms with Crippen LogP contribution in [0.4, 0.5) is 10.7 Å². The molecule has 0 atom stereocenters. The Labute approximate surface area is 198 Å². The first kappa shape index (κ1) is 22.5. The molecule has 0 unspecified atom stereocenters. The number of anilines is 2. The molecule has 0 fully saturated rings. The number of esters is 1. The molecular formula is C24H28N4O2S2. The molecule has 0 aliphatic heterocycles.